The fourth-order valence-corrected chi connectivity index (χ4v) is 6.01. The van der Waals surface area contributed by atoms with Crippen LogP contribution in [0.25, 0.3) is 0 Å². The number of halogens is 1. The van der Waals surface area contributed by atoms with Crippen LogP contribution in [-0.2, 0) is 16.0 Å². The molecule has 2 aromatic rings. The Hall–Kier alpha value is -4.91. The van der Waals surface area contributed by atoms with Crippen molar-refractivity contribution in [1.29, 1.82) is 0 Å². The number of allylic oxidation sites excluding steroid dienone is 2. The molecule has 214 valence electrons. The molecule has 0 aliphatic heterocycles. The number of aromatic hydroxyl groups is 1. The first kappa shape index (κ1) is 27.6. The molecule has 8 N–H and O–H groups in total. The maximum atomic E-state index is 13.9. The van der Waals surface area contributed by atoms with Crippen LogP contribution in [0.1, 0.15) is 28.8 Å². The van der Waals surface area contributed by atoms with E-state index in [4.69, 9.17) is 5.73 Å². The van der Waals surface area contributed by atoms with Crippen molar-refractivity contribution < 1.29 is 44.0 Å². The summed E-state index contributed by atoms with van der Waals surface area (Å²) in [5, 5.41) is 48.9. The van der Waals surface area contributed by atoms with Crippen LogP contribution in [0.2, 0.25) is 0 Å². The zero-order valence-corrected chi connectivity index (χ0v) is 22.0. The molecule has 5 rings (SSSR count). The van der Waals surface area contributed by atoms with Crippen LogP contribution in [-0.4, -0.2) is 63.6 Å². The lowest BCUT2D eigenvalue weighted by molar-refractivity contribution is -0.144. The number of anilines is 3. The summed E-state index contributed by atoms with van der Waals surface area (Å²) in [6.45, 7) is 0. The van der Waals surface area contributed by atoms with Crippen molar-refractivity contribution in [3.05, 3.63) is 69.9 Å². The molecule has 0 saturated carbocycles. The van der Waals surface area contributed by atoms with Gasteiger partial charge >= 0.3 is 6.03 Å². The smallest absolute Gasteiger partial charge is 0.323 e. The number of aliphatic hydroxyl groups excluding tert-OH is 2. The highest BCUT2D eigenvalue weighted by Crippen LogP contribution is 2.53. The van der Waals surface area contributed by atoms with Crippen molar-refractivity contribution in [2.75, 3.05) is 29.6 Å². The van der Waals surface area contributed by atoms with Crippen molar-refractivity contribution >= 4 is 40.6 Å². The molecule has 0 radical (unpaired) electrons. The number of rotatable bonds is 4. The molecule has 2 aromatic carbocycles. The van der Waals surface area contributed by atoms with Gasteiger partial charge in [-0.1, -0.05) is 6.07 Å². The molecule has 41 heavy (non-hydrogen) atoms. The number of benzene rings is 2. The van der Waals surface area contributed by atoms with Gasteiger partial charge in [0.15, 0.2) is 17.1 Å². The Labute approximate surface area is 232 Å². The Morgan fingerprint density at radius 3 is 2.44 bits per heavy atom. The van der Waals surface area contributed by atoms with Gasteiger partial charge in [0.1, 0.15) is 22.9 Å². The number of hydrogen-bond donors (Lipinski definition) is 7. The van der Waals surface area contributed by atoms with E-state index in [0.717, 1.165) is 6.07 Å². The van der Waals surface area contributed by atoms with E-state index < -0.39 is 69.6 Å². The number of ketones is 2. The summed E-state index contributed by atoms with van der Waals surface area (Å²) < 4.78 is 13.5. The first-order valence-corrected chi connectivity index (χ1v) is 12.6. The lowest BCUT2D eigenvalue weighted by Gasteiger charge is -2.45. The number of nitrogens with one attached hydrogen (secondary N) is 2. The molecular weight excluding hydrogens is 539 g/mol. The molecule has 3 aliphatic rings. The molecule has 13 heteroatoms. The summed E-state index contributed by atoms with van der Waals surface area (Å²) in [4.78, 5) is 53.2. The highest BCUT2D eigenvalue weighted by Gasteiger charge is 2.59. The first-order chi connectivity index (χ1) is 19.2. The average molecular weight is 567 g/mol. The second-order valence-corrected chi connectivity index (χ2v) is 10.5. The number of phenolic OH excluding ortho intramolecular Hbond substituents is 1. The molecule has 3 atom stereocenters. The highest BCUT2D eigenvalue weighted by molar-refractivity contribution is 6.24. The van der Waals surface area contributed by atoms with Gasteiger partial charge in [-0.15, -0.1) is 0 Å². The maximum absolute atomic E-state index is 13.9. The van der Waals surface area contributed by atoms with Gasteiger partial charge in [0.25, 0.3) is 5.91 Å². The Morgan fingerprint density at radius 2 is 1.80 bits per heavy atom. The summed E-state index contributed by atoms with van der Waals surface area (Å²) in [5.41, 5.74) is 1.94. The molecule has 0 heterocycles. The Bertz CT molecular complexity index is 1610. The van der Waals surface area contributed by atoms with Crippen molar-refractivity contribution in [3.63, 3.8) is 0 Å². The number of fused-ring (bicyclic) bond motifs is 3. The Balaban J connectivity index is 1.58. The van der Waals surface area contributed by atoms with Crippen molar-refractivity contribution in [3.8, 4) is 5.75 Å². The largest absolute Gasteiger partial charge is 0.511 e. The summed E-state index contributed by atoms with van der Waals surface area (Å²) >= 11 is 0. The third kappa shape index (κ3) is 4.25. The van der Waals surface area contributed by atoms with Gasteiger partial charge in [-0.3, -0.25) is 14.4 Å². The van der Waals surface area contributed by atoms with Crippen molar-refractivity contribution in [1.82, 2.24) is 0 Å². The predicted octanol–water partition coefficient (Wildman–Crippen LogP) is 2.43. The van der Waals surface area contributed by atoms with Crippen LogP contribution in [0, 0.1) is 17.7 Å². The molecule has 0 spiro atoms. The molecular formula is C28H27FN4O8. The number of amides is 3. The minimum absolute atomic E-state index is 0.00735. The Kier molecular flexibility index (Phi) is 6.49. The molecule has 0 aromatic heterocycles. The lowest BCUT2D eigenvalue weighted by Crippen LogP contribution is -2.57. The number of nitrogens with zero attached hydrogens (tertiary/aromatic N) is 1. The summed E-state index contributed by atoms with van der Waals surface area (Å²) in [6.07, 6.45) is -0.234. The van der Waals surface area contributed by atoms with Gasteiger partial charge in [-0.05, 0) is 48.6 Å². The molecule has 12 nitrogen and oxygen atoms in total. The maximum Gasteiger partial charge on any atom is 0.323 e. The van der Waals surface area contributed by atoms with E-state index in [2.05, 4.69) is 10.6 Å². The van der Waals surface area contributed by atoms with E-state index in [0.29, 0.717) is 11.3 Å². The predicted molar refractivity (Wildman–Crippen MR) is 144 cm³/mol. The number of hydrogen-bond acceptors (Lipinski definition) is 9. The molecule has 3 aliphatic carbocycles. The number of carbonyl (C=O) groups excluding carboxylic acids is 4. The van der Waals surface area contributed by atoms with E-state index >= 15 is 0 Å². The number of phenols is 1. The normalized spacial score (nSPS) is 23.4. The standard InChI is InChI=1S/C28H27FN4O8/c1-33(2)17-10-16(32-27(40)31-14-5-3-4-13(29)9-14)22(35)20-15(17)7-11-6-12-8-18(34)21(26(30)39)25(38)28(12,41)24(37)19(11)23(20)36/h3-5,9-12,34-35,37,41H,6-8H2,1-2H3,(H2,30,39)(H2,31,32,40)/t11-,12+,28+/m1/s1. The SMILES string of the molecule is CN(C)c1cc(NC(=O)Nc2cccc(F)c2)c(O)c2c1C[C@H]1C[C@H]3CC(O)=C(C(N)=O)C(=O)[C@@]3(O)C(O)=C1C2=O. The number of carbonyl (C=O) groups is 4. The average Bonchev–Trinajstić information content (AvgIpc) is 2.87. The fourth-order valence-electron chi connectivity index (χ4n) is 6.01. The van der Waals surface area contributed by atoms with Crippen LogP contribution < -0.4 is 21.3 Å². The summed E-state index contributed by atoms with van der Waals surface area (Å²) in [7, 11) is 3.37. The van der Waals surface area contributed by atoms with Crippen molar-refractivity contribution in [2.45, 2.75) is 24.9 Å². The summed E-state index contributed by atoms with van der Waals surface area (Å²) in [6, 6.07) is 5.74. The van der Waals surface area contributed by atoms with E-state index in [-0.39, 0.29) is 41.8 Å². The topological polar surface area (TPSA) is 203 Å². The second kappa shape index (κ2) is 9.63. The molecule has 0 saturated heterocycles. The van der Waals surface area contributed by atoms with Gasteiger partial charge < -0.3 is 41.7 Å². The molecule has 3 amide bonds. The quantitative estimate of drug-likeness (QED) is 0.214. The van der Waals surface area contributed by atoms with E-state index in [1.165, 1.54) is 24.3 Å². The van der Waals surface area contributed by atoms with Crippen molar-refractivity contribution in [2.24, 2.45) is 17.6 Å². The van der Waals surface area contributed by atoms with E-state index in [1.54, 1.807) is 19.0 Å². The van der Waals surface area contributed by atoms with Crippen LogP contribution in [0.4, 0.5) is 26.2 Å². The highest BCUT2D eigenvalue weighted by atomic mass is 19.1. The van der Waals surface area contributed by atoms with Gasteiger partial charge in [0, 0.05) is 43.4 Å². The first-order valence-electron chi connectivity index (χ1n) is 12.6. The third-order valence-electron chi connectivity index (χ3n) is 7.85. The molecule has 0 bridgehead atoms. The summed E-state index contributed by atoms with van der Waals surface area (Å²) in [5.74, 6) is -8.03. The van der Waals surface area contributed by atoms with Crippen LogP contribution in [0.5, 0.6) is 5.75 Å². The number of Topliss-reactive ketones (excluding diaryl/α,β-unsaturated/α-hetero) is 2. The number of urea groups is 1. The number of aliphatic hydroxyl groups is 3. The monoisotopic (exact) mass is 566 g/mol. The zero-order valence-electron chi connectivity index (χ0n) is 22.0. The van der Waals surface area contributed by atoms with Gasteiger partial charge in [0.2, 0.25) is 5.78 Å². The van der Waals surface area contributed by atoms with E-state index in [9.17, 15) is 44.0 Å². The van der Waals surface area contributed by atoms with E-state index in [1.807, 2.05) is 0 Å². The van der Waals surface area contributed by atoms with Gasteiger partial charge in [-0.25, -0.2) is 9.18 Å². The fraction of sp³-hybridized carbons (Fsp3) is 0.286. The minimum Gasteiger partial charge on any atom is -0.511 e. The third-order valence-corrected chi connectivity index (χ3v) is 7.85. The molecule has 0 unspecified atom stereocenters. The second-order valence-electron chi connectivity index (χ2n) is 10.5. The zero-order chi connectivity index (χ0) is 30.0. The van der Waals surface area contributed by atoms with Crippen LogP contribution >= 0.6 is 0 Å². The minimum atomic E-state index is -2.68. The molecule has 0 fully saturated rings. The number of primary amides is 1. The van der Waals surface area contributed by atoms with Crippen LogP contribution in [0.3, 0.4) is 0 Å². The van der Waals surface area contributed by atoms with Gasteiger partial charge in [-0.2, -0.15) is 0 Å². The lowest BCUT2D eigenvalue weighted by atomic mass is 9.60. The van der Waals surface area contributed by atoms with Crippen LogP contribution in [0.15, 0.2) is 53.0 Å². The van der Waals surface area contributed by atoms with Gasteiger partial charge in [0.05, 0.1) is 11.3 Å². The number of nitrogens with two attached hydrogens (primary N) is 1. The Morgan fingerprint density at radius 1 is 1.10 bits per heavy atom.